The van der Waals surface area contributed by atoms with E-state index in [4.69, 9.17) is 9.47 Å². The highest BCUT2D eigenvalue weighted by atomic mass is 16.5. The van der Waals surface area contributed by atoms with Crippen LogP contribution in [-0.4, -0.2) is 49.5 Å². The lowest BCUT2D eigenvalue weighted by molar-refractivity contribution is 0.0240. The molecule has 0 aromatic rings. The van der Waals surface area contributed by atoms with Crippen LogP contribution >= 0.6 is 0 Å². The molecule has 0 amide bonds. The summed E-state index contributed by atoms with van der Waals surface area (Å²) in [6.45, 7) is 8.22. The third kappa shape index (κ3) is 2.92. The number of likely N-dealkylation sites (tertiary alicyclic amines) is 1. The highest BCUT2D eigenvalue weighted by Crippen LogP contribution is 2.24. The molecule has 15 heavy (non-hydrogen) atoms. The van der Waals surface area contributed by atoms with Crippen molar-refractivity contribution in [1.29, 1.82) is 0 Å². The first-order valence-electron chi connectivity index (χ1n) is 6.22. The van der Waals surface area contributed by atoms with E-state index in [1.807, 2.05) is 0 Å². The zero-order valence-electron chi connectivity index (χ0n) is 9.95. The second-order valence-electron chi connectivity index (χ2n) is 4.93. The molecule has 0 spiro atoms. The van der Waals surface area contributed by atoms with Gasteiger partial charge in [-0.25, -0.2) is 0 Å². The molecule has 0 bridgehead atoms. The molecule has 0 N–H and O–H groups in total. The Morgan fingerprint density at radius 2 is 2.27 bits per heavy atom. The summed E-state index contributed by atoms with van der Waals surface area (Å²) in [5.74, 6) is 0. The minimum absolute atomic E-state index is 0.354. The Balaban J connectivity index is 1.81. The van der Waals surface area contributed by atoms with Gasteiger partial charge in [0.05, 0.1) is 19.3 Å². The molecule has 2 aliphatic rings. The minimum atomic E-state index is 0.354. The molecule has 3 nitrogen and oxygen atoms in total. The van der Waals surface area contributed by atoms with Gasteiger partial charge >= 0.3 is 0 Å². The average molecular weight is 213 g/mol. The lowest BCUT2D eigenvalue weighted by atomic mass is 10.2. The molecule has 1 unspecified atom stereocenters. The van der Waals surface area contributed by atoms with Crippen LogP contribution in [0.25, 0.3) is 0 Å². The lowest BCUT2D eigenvalue weighted by Gasteiger charge is -2.29. The smallest absolute Gasteiger partial charge is 0.0625 e. The topological polar surface area (TPSA) is 21.7 Å². The first-order chi connectivity index (χ1) is 7.27. The second-order valence-corrected chi connectivity index (χ2v) is 4.93. The number of nitrogens with zero attached hydrogens (tertiary/aromatic N) is 1. The molecule has 2 fully saturated rings. The van der Waals surface area contributed by atoms with E-state index in [1.54, 1.807) is 0 Å². The second kappa shape index (κ2) is 5.28. The van der Waals surface area contributed by atoms with E-state index in [9.17, 15) is 0 Å². The summed E-state index contributed by atoms with van der Waals surface area (Å²) in [5.41, 5.74) is 0. The average Bonchev–Trinajstić information content (AvgIpc) is 2.85. The van der Waals surface area contributed by atoms with E-state index in [1.165, 1.54) is 25.8 Å². The third-order valence-corrected chi connectivity index (χ3v) is 3.42. The first-order valence-corrected chi connectivity index (χ1v) is 6.22. The molecule has 0 aromatic heterocycles. The Kier molecular flexibility index (Phi) is 4.00. The van der Waals surface area contributed by atoms with Crippen LogP contribution in [0.2, 0.25) is 0 Å². The van der Waals surface area contributed by atoms with Gasteiger partial charge in [-0.3, -0.25) is 4.90 Å². The van der Waals surface area contributed by atoms with Crippen LogP contribution in [0.15, 0.2) is 0 Å². The van der Waals surface area contributed by atoms with Crippen molar-refractivity contribution in [2.45, 2.75) is 51.3 Å². The number of hydrogen-bond donors (Lipinski definition) is 0. The molecule has 0 aromatic carbocycles. The van der Waals surface area contributed by atoms with Crippen molar-refractivity contribution in [3.8, 4) is 0 Å². The summed E-state index contributed by atoms with van der Waals surface area (Å²) in [6, 6.07) is 1.30. The van der Waals surface area contributed by atoms with Crippen LogP contribution in [-0.2, 0) is 9.47 Å². The van der Waals surface area contributed by atoms with Gasteiger partial charge in [-0.15, -0.1) is 0 Å². The van der Waals surface area contributed by atoms with Crippen LogP contribution in [0.4, 0.5) is 0 Å². The van der Waals surface area contributed by atoms with Crippen molar-refractivity contribution in [2.24, 2.45) is 0 Å². The molecular weight excluding hydrogens is 190 g/mol. The van der Waals surface area contributed by atoms with Crippen LogP contribution in [0.3, 0.4) is 0 Å². The minimum Gasteiger partial charge on any atom is -0.380 e. The van der Waals surface area contributed by atoms with E-state index >= 15 is 0 Å². The van der Waals surface area contributed by atoms with Gasteiger partial charge in [0.2, 0.25) is 0 Å². The Bertz CT molecular complexity index is 190. The molecule has 0 aliphatic carbocycles. The van der Waals surface area contributed by atoms with E-state index in [0.29, 0.717) is 18.2 Å². The molecule has 2 aliphatic heterocycles. The fourth-order valence-electron chi connectivity index (χ4n) is 2.60. The predicted molar refractivity (Wildman–Crippen MR) is 60.0 cm³/mol. The van der Waals surface area contributed by atoms with E-state index < -0.39 is 0 Å². The zero-order chi connectivity index (χ0) is 10.7. The van der Waals surface area contributed by atoms with Gasteiger partial charge in [0.1, 0.15) is 0 Å². The van der Waals surface area contributed by atoms with Gasteiger partial charge in [-0.1, -0.05) is 0 Å². The van der Waals surface area contributed by atoms with Gasteiger partial charge in [0.25, 0.3) is 0 Å². The standard InChI is InChI=1S/C12H23NO2/c1-10(2)15-9-11-4-3-6-13(11)12-5-7-14-8-12/h10-12H,3-9H2,1-2H3/t11-,12?/m1/s1. The van der Waals surface area contributed by atoms with Gasteiger partial charge in [-0.05, 0) is 39.7 Å². The monoisotopic (exact) mass is 213 g/mol. The largest absolute Gasteiger partial charge is 0.380 e. The SMILES string of the molecule is CC(C)OC[C@H]1CCCN1C1CCOC1. The normalized spacial score (nSPS) is 33.0. The van der Waals surface area contributed by atoms with Crippen molar-refractivity contribution >= 4 is 0 Å². The maximum Gasteiger partial charge on any atom is 0.0625 e. The van der Waals surface area contributed by atoms with Gasteiger partial charge in [0, 0.05) is 18.7 Å². The molecule has 2 atom stereocenters. The number of ether oxygens (including phenoxy) is 2. The van der Waals surface area contributed by atoms with Crippen LogP contribution < -0.4 is 0 Å². The highest BCUT2D eigenvalue weighted by Gasteiger charge is 2.32. The summed E-state index contributed by atoms with van der Waals surface area (Å²) in [4.78, 5) is 2.61. The molecular formula is C12H23NO2. The molecule has 2 rings (SSSR count). The third-order valence-electron chi connectivity index (χ3n) is 3.42. The van der Waals surface area contributed by atoms with Crippen LogP contribution in [0, 0.1) is 0 Å². The van der Waals surface area contributed by atoms with Crippen molar-refractivity contribution in [2.75, 3.05) is 26.4 Å². The first kappa shape index (κ1) is 11.4. The maximum atomic E-state index is 5.73. The summed E-state index contributed by atoms with van der Waals surface area (Å²) in [7, 11) is 0. The fraction of sp³-hybridized carbons (Fsp3) is 1.00. The lowest BCUT2D eigenvalue weighted by Crippen LogP contribution is -2.42. The van der Waals surface area contributed by atoms with Crippen molar-refractivity contribution in [3.05, 3.63) is 0 Å². The Labute approximate surface area is 92.7 Å². The fourth-order valence-corrected chi connectivity index (χ4v) is 2.60. The van der Waals surface area contributed by atoms with E-state index in [2.05, 4.69) is 18.7 Å². The summed E-state index contributed by atoms with van der Waals surface area (Å²) < 4.78 is 11.2. The zero-order valence-corrected chi connectivity index (χ0v) is 9.95. The van der Waals surface area contributed by atoms with Crippen molar-refractivity contribution in [3.63, 3.8) is 0 Å². The van der Waals surface area contributed by atoms with Crippen molar-refractivity contribution < 1.29 is 9.47 Å². The summed E-state index contributed by atoms with van der Waals surface area (Å²) in [6.07, 6.45) is 4.18. The Morgan fingerprint density at radius 3 is 2.93 bits per heavy atom. The molecule has 2 saturated heterocycles. The van der Waals surface area contributed by atoms with Crippen molar-refractivity contribution in [1.82, 2.24) is 4.90 Å². The summed E-state index contributed by atoms with van der Waals surface area (Å²) in [5, 5.41) is 0. The molecule has 3 heteroatoms. The molecule has 0 radical (unpaired) electrons. The number of rotatable bonds is 4. The van der Waals surface area contributed by atoms with Gasteiger partial charge in [-0.2, -0.15) is 0 Å². The van der Waals surface area contributed by atoms with E-state index in [-0.39, 0.29) is 0 Å². The molecule has 2 heterocycles. The Hall–Kier alpha value is -0.120. The summed E-state index contributed by atoms with van der Waals surface area (Å²) >= 11 is 0. The Morgan fingerprint density at radius 1 is 1.40 bits per heavy atom. The van der Waals surface area contributed by atoms with Crippen LogP contribution in [0.5, 0.6) is 0 Å². The van der Waals surface area contributed by atoms with Gasteiger partial charge in [0.15, 0.2) is 0 Å². The van der Waals surface area contributed by atoms with Gasteiger partial charge < -0.3 is 9.47 Å². The molecule has 0 saturated carbocycles. The van der Waals surface area contributed by atoms with Crippen LogP contribution in [0.1, 0.15) is 33.1 Å². The van der Waals surface area contributed by atoms with E-state index in [0.717, 1.165) is 19.8 Å². The predicted octanol–water partition coefficient (Wildman–Crippen LogP) is 1.66. The highest BCUT2D eigenvalue weighted by molar-refractivity contribution is 4.86. The maximum absolute atomic E-state index is 5.73. The quantitative estimate of drug-likeness (QED) is 0.709. The molecule has 88 valence electrons. The number of hydrogen-bond acceptors (Lipinski definition) is 3.